The SMILES string of the molecule is Nc1nc(NCC2CCC(CNCCCNC3CCCCC3)CC2)nc(N2CCN(CCCC(=O)O)CC2)n1. The fourth-order valence-corrected chi connectivity index (χ4v) is 6.23. The Labute approximate surface area is 234 Å². The summed E-state index contributed by atoms with van der Waals surface area (Å²) in [7, 11) is 0. The summed E-state index contributed by atoms with van der Waals surface area (Å²) in [6, 6.07) is 0.766. The molecule has 4 rings (SSSR count). The lowest BCUT2D eigenvalue weighted by Gasteiger charge is -2.34. The maximum atomic E-state index is 10.7. The molecule has 2 saturated carbocycles. The number of carboxylic acids is 1. The molecular formula is C28H51N9O2. The topological polar surface area (TPSA) is 145 Å². The van der Waals surface area contributed by atoms with Crippen LogP contribution in [0.4, 0.5) is 17.8 Å². The number of rotatable bonds is 15. The van der Waals surface area contributed by atoms with Crippen LogP contribution in [0.2, 0.25) is 0 Å². The molecule has 39 heavy (non-hydrogen) atoms. The zero-order chi connectivity index (χ0) is 27.3. The van der Waals surface area contributed by atoms with Crippen LogP contribution in [0.25, 0.3) is 0 Å². The highest BCUT2D eigenvalue weighted by molar-refractivity contribution is 5.66. The van der Waals surface area contributed by atoms with E-state index in [0.717, 1.165) is 70.9 Å². The third kappa shape index (κ3) is 10.7. The van der Waals surface area contributed by atoms with Crippen molar-refractivity contribution in [3.8, 4) is 0 Å². The molecule has 11 nitrogen and oxygen atoms in total. The fraction of sp³-hybridized carbons (Fsp3) is 0.857. The van der Waals surface area contributed by atoms with Gasteiger partial charge in [-0.05, 0) is 89.4 Å². The highest BCUT2D eigenvalue weighted by Crippen LogP contribution is 2.28. The summed E-state index contributed by atoms with van der Waals surface area (Å²) in [4.78, 5) is 28.6. The minimum absolute atomic E-state index is 0.218. The molecule has 11 heteroatoms. The van der Waals surface area contributed by atoms with Gasteiger partial charge in [0, 0.05) is 45.2 Å². The summed E-state index contributed by atoms with van der Waals surface area (Å²) in [5, 5.41) is 19.7. The molecule has 0 unspecified atom stereocenters. The molecule has 220 valence electrons. The van der Waals surface area contributed by atoms with Crippen LogP contribution in [0.15, 0.2) is 0 Å². The average Bonchev–Trinajstić information content (AvgIpc) is 2.95. The van der Waals surface area contributed by atoms with Crippen LogP contribution in [0.1, 0.15) is 77.0 Å². The number of anilines is 3. The second-order valence-corrected chi connectivity index (χ2v) is 11.8. The smallest absolute Gasteiger partial charge is 0.303 e. The lowest BCUT2D eigenvalue weighted by Crippen LogP contribution is -2.47. The van der Waals surface area contributed by atoms with Gasteiger partial charge < -0.3 is 31.7 Å². The second-order valence-electron chi connectivity index (χ2n) is 11.8. The molecule has 0 aromatic carbocycles. The summed E-state index contributed by atoms with van der Waals surface area (Å²) >= 11 is 0. The van der Waals surface area contributed by atoms with Crippen molar-refractivity contribution in [2.24, 2.45) is 11.8 Å². The molecule has 0 spiro atoms. The quantitative estimate of drug-likeness (QED) is 0.207. The molecule has 3 aliphatic rings. The van der Waals surface area contributed by atoms with Crippen molar-refractivity contribution in [1.82, 2.24) is 30.5 Å². The molecule has 0 bridgehead atoms. The van der Waals surface area contributed by atoms with Gasteiger partial charge in [0.25, 0.3) is 0 Å². The van der Waals surface area contributed by atoms with Gasteiger partial charge in [-0.25, -0.2) is 0 Å². The number of nitrogens with one attached hydrogen (secondary N) is 3. The Hall–Kier alpha value is -2.24. The lowest BCUT2D eigenvalue weighted by atomic mass is 9.82. The van der Waals surface area contributed by atoms with Crippen molar-refractivity contribution in [2.75, 3.05) is 74.9 Å². The summed E-state index contributed by atoms with van der Waals surface area (Å²) in [6.45, 7) is 8.40. The van der Waals surface area contributed by atoms with Gasteiger partial charge in [-0.1, -0.05) is 19.3 Å². The van der Waals surface area contributed by atoms with Crippen LogP contribution in [-0.2, 0) is 4.79 Å². The molecule has 0 amide bonds. The fourth-order valence-electron chi connectivity index (χ4n) is 6.23. The van der Waals surface area contributed by atoms with Crippen LogP contribution in [-0.4, -0.2) is 95.9 Å². The second kappa shape index (κ2) is 16.1. The maximum absolute atomic E-state index is 10.7. The summed E-state index contributed by atoms with van der Waals surface area (Å²) in [5.74, 6) is 2.12. The van der Waals surface area contributed by atoms with Crippen molar-refractivity contribution in [2.45, 2.75) is 83.1 Å². The predicted molar refractivity (Wildman–Crippen MR) is 156 cm³/mol. The van der Waals surface area contributed by atoms with Crippen LogP contribution < -0.4 is 26.6 Å². The van der Waals surface area contributed by atoms with Crippen molar-refractivity contribution in [3.05, 3.63) is 0 Å². The largest absolute Gasteiger partial charge is 0.481 e. The van der Waals surface area contributed by atoms with Crippen molar-refractivity contribution < 1.29 is 9.90 Å². The molecule has 6 N–H and O–H groups in total. The predicted octanol–water partition coefficient (Wildman–Crippen LogP) is 2.56. The number of nitrogen functional groups attached to an aromatic ring is 1. The zero-order valence-electron chi connectivity index (χ0n) is 23.8. The minimum atomic E-state index is -0.734. The Balaban J connectivity index is 1.08. The highest BCUT2D eigenvalue weighted by Gasteiger charge is 2.23. The van der Waals surface area contributed by atoms with Crippen molar-refractivity contribution in [3.63, 3.8) is 0 Å². The van der Waals surface area contributed by atoms with E-state index in [1.807, 2.05) is 0 Å². The van der Waals surface area contributed by atoms with Crippen LogP contribution in [0, 0.1) is 11.8 Å². The molecule has 2 aliphatic carbocycles. The monoisotopic (exact) mass is 545 g/mol. The average molecular weight is 546 g/mol. The Kier molecular flexibility index (Phi) is 12.3. The van der Waals surface area contributed by atoms with E-state index < -0.39 is 5.97 Å². The Morgan fingerprint density at radius 1 is 0.872 bits per heavy atom. The standard InChI is InChI=1S/C28H51N9O2/c29-26-33-27(35-28(34-26)37-18-16-36(17-19-37)15-4-8-25(38)39)32-21-23-11-9-22(10-12-23)20-30-13-5-14-31-24-6-2-1-3-7-24/h22-24,30-31H,1-21H2,(H,38,39)(H3,29,32,33,34,35). The van der Waals surface area contributed by atoms with Crippen molar-refractivity contribution >= 4 is 23.8 Å². The van der Waals surface area contributed by atoms with E-state index in [1.165, 1.54) is 64.2 Å². The molecule has 2 heterocycles. The third-order valence-electron chi connectivity index (χ3n) is 8.68. The number of hydrogen-bond donors (Lipinski definition) is 5. The van der Waals surface area contributed by atoms with E-state index in [0.29, 0.717) is 24.2 Å². The zero-order valence-corrected chi connectivity index (χ0v) is 23.8. The lowest BCUT2D eigenvalue weighted by molar-refractivity contribution is -0.137. The first kappa shape index (κ1) is 29.7. The molecular weight excluding hydrogens is 494 g/mol. The number of carboxylic acid groups (broad SMARTS) is 1. The van der Waals surface area contributed by atoms with Gasteiger partial charge in [-0.2, -0.15) is 15.0 Å². The number of aromatic nitrogens is 3. The maximum Gasteiger partial charge on any atom is 0.303 e. The molecule has 1 saturated heterocycles. The molecule has 1 aromatic heterocycles. The van der Waals surface area contributed by atoms with Gasteiger partial charge in [0.1, 0.15) is 0 Å². The number of piperazine rings is 1. The molecule has 3 fully saturated rings. The number of aliphatic carboxylic acids is 1. The first-order valence-electron chi connectivity index (χ1n) is 15.4. The first-order valence-corrected chi connectivity index (χ1v) is 15.4. The van der Waals surface area contributed by atoms with Gasteiger partial charge in [0.2, 0.25) is 17.8 Å². The van der Waals surface area contributed by atoms with Crippen molar-refractivity contribution in [1.29, 1.82) is 0 Å². The van der Waals surface area contributed by atoms with Gasteiger partial charge in [0.05, 0.1) is 0 Å². The van der Waals surface area contributed by atoms with Gasteiger partial charge >= 0.3 is 5.97 Å². The summed E-state index contributed by atoms with van der Waals surface area (Å²) in [6.07, 6.45) is 14.1. The normalized spacial score (nSPS) is 23.1. The minimum Gasteiger partial charge on any atom is -0.481 e. The Bertz CT molecular complexity index is 851. The van der Waals surface area contributed by atoms with Gasteiger partial charge in [-0.15, -0.1) is 0 Å². The number of nitrogens with two attached hydrogens (primary N) is 1. The van der Waals surface area contributed by atoms with Crippen LogP contribution in [0.5, 0.6) is 0 Å². The van der Waals surface area contributed by atoms with E-state index in [2.05, 4.69) is 40.7 Å². The number of carbonyl (C=O) groups is 1. The Morgan fingerprint density at radius 2 is 1.59 bits per heavy atom. The van der Waals surface area contributed by atoms with E-state index in [9.17, 15) is 4.79 Å². The summed E-state index contributed by atoms with van der Waals surface area (Å²) in [5.41, 5.74) is 6.02. The Morgan fingerprint density at radius 3 is 2.31 bits per heavy atom. The van der Waals surface area contributed by atoms with E-state index in [-0.39, 0.29) is 12.4 Å². The van der Waals surface area contributed by atoms with Gasteiger partial charge in [0.15, 0.2) is 0 Å². The molecule has 0 atom stereocenters. The number of nitrogens with zero attached hydrogens (tertiary/aromatic N) is 5. The van der Waals surface area contributed by atoms with Gasteiger partial charge in [-0.3, -0.25) is 9.69 Å². The highest BCUT2D eigenvalue weighted by atomic mass is 16.4. The third-order valence-corrected chi connectivity index (χ3v) is 8.68. The van der Waals surface area contributed by atoms with E-state index in [4.69, 9.17) is 10.8 Å². The molecule has 1 aromatic rings. The molecule has 1 aliphatic heterocycles. The first-order chi connectivity index (χ1) is 19.0. The number of hydrogen-bond acceptors (Lipinski definition) is 10. The van der Waals surface area contributed by atoms with Crippen LogP contribution >= 0.6 is 0 Å². The van der Waals surface area contributed by atoms with Crippen LogP contribution in [0.3, 0.4) is 0 Å². The summed E-state index contributed by atoms with van der Waals surface area (Å²) < 4.78 is 0. The van der Waals surface area contributed by atoms with E-state index in [1.54, 1.807) is 0 Å². The van der Waals surface area contributed by atoms with E-state index >= 15 is 0 Å². The molecule has 0 radical (unpaired) electrons.